The fourth-order valence-corrected chi connectivity index (χ4v) is 2.53. The molecule has 1 aliphatic rings. The topological polar surface area (TPSA) is 82.3 Å². The highest BCUT2D eigenvalue weighted by atomic mass is 16.5. The Morgan fingerprint density at radius 3 is 2.76 bits per heavy atom. The first-order chi connectivity index (χ1) is 10.1. The molecule has 1 aromatic rings. The number of para-hydroxylation sites is 1. The first-order valence-corrected chi connectivity index (χ1v) is 7.24. The molecule has 0 radical (unpaired) electrons. The Kier molecular flexibility index (Phi) is 5.18. The molecule has 1 amide bonds. The largest absolute Gasteiger partial charge is 0.482 e. The second kappa shape index (κ2) is 7.09. The summed E-state index contributed by atoms with van der Waals surface area (Å²) in [6, 6.07) is 8.79. The second-order valence-electron chi connectivity index (χ2n) is 5.46. The zero-order valence-corrected chi connectivity index (χ0v) is 12.0. The van der Waals surface area contributed by atoms with E-state index in [1.165, 1.54) is 0 Å². The van der Waals surface area contributed by atoms with Crippen LogP contribution in [0, 0.1) is 11.3 Å². The minimum Gasteiger partial charge on any atom is -0.482 e. The van der Waals surface area contributed by atoms with Gasteiger partial charge in [-0.05, 0) is 25.0 Å². The van der Waals surface area contributed by atoms with Crippen LogP contribution in [0.1, 0.15) is 37.7 Å². The third kappa shape index (κ3) is 4.47. The molecular formula is C16H20N2O3. The Hall–Kier alpha value is -2.06. The number of nitrogens with one attached hydrogen (secondary N) is 1. The molecule has 1 aliphatic carbocycles. The van der Waals surface area contributed by atoms with Crippen LogP contribution in [0.5, 0.6) is 5.75 Å². The lowest BCUT2D eigenvalue weighted by Crippen LogP contribution is -2.45. The van der Waals surface area contributed by atoms with Crippen molar-refractivity contribution in [2.45, 2.75) is 37.7 Å². The number of amides is 1. The number of hydrogen-bond acceptors (Lipinski definition) is 4. The van der Waals surface area contributed by atoms with E-state index < -0.39 is 5.60 Å². The lowest BCUT2D eigenvalue weighted by Gasteiger charge is -2.32. The van der Waals surface area contributed by atoms with Gasteiger partial charge >= 0.3 is 0 Å². The van der Waals surface area contributed by atoms with Crippen LogP contribution < -0.4 is 10.1 Å². The SMILES string of the molecule is N#Cc1ccccc1OCC(=O)NCC1(O)CCCCC1. The second-order valence-corrected chi connectivity index (χ2v) is 5.46. The Morgan fingerprint density at radius 2 is 2.05 bits per heavy atom. The molecule has 0 atom stereocenters. The zero-order chi connectivity index (χ0) is 15.1. The van der Waals surface area contributed by atoms with E-state index in [0.29, 0.717) is 11.3 Å². The number of carbonyl (C=O) groups is 1. The van der Waals surface area contributed by atoms with Crippen LogP contribution >= 0.6 is 0 Å². The van der Waals surface area contributed by atoms with E-state index in [-0.39, 0.29) is 19.1 Å². The molecule has 112 valence electrons. The van der Waals surface area contributed by atoms with Gasteiger partial charge in [-0.1, -0.05) is 31.4 Å². The van der Waals surface area contributed by atoms with Crippen molar-refractivity contribution >= 4 is 5.91 Å². The molecule has 1 aromatic carbocycles. The molecular weight excluding hydrogens is 268 g/mol. The molecule has 0 aromatic heterocycles. The fraction of sp³-hybridized carbons (Fsp3) is 0.500. The average Bonchev–Trinajstić information content (AvgIpc) is 2.52. The molecule has 0 bridgehead atoms. The van der Waals surface area contributed by atoms with E-state index in [2.05, 4.69) is 5.32 Å². The molecule has 0 aliphatic heterocycles. The molecule has 0 heterocycles. The standard InChI is InChI=1S/C16H20N2O3/c17-10-13-6-2-3-7-14(13)21-11-15(19)18-12-16(20)8-4-1-5-9-16/h2-3,6-7,20H,1,4-5,8-9,11-12H2,(H,18,19). The van der Waals surface area contributed by atoms with E-state index >= 15 is 0 Å². The van der Waals surface area contributed by atoms with E-state index in [9.17, 15) is 9.90 Å². The highest BCUT2D eigenvalue weighted by Crippen LogP contribution is 2.27. The van der Waals surface area contributed by atoms with E-state index in [1.54, 1.807) is 24.3 Å². The lowest BCUT2D eigenvalue weighted by molar-refractivity contribution is -0.124. The van der Waals surface area contributed by atoms with Gasteiger partial charge in [0, 0.05) is 6.54 Å². The van der Waals surface area contributed by atoms with Crippen molar-refractivity contribution in [2.75, 3.05) is 13.2 Å². The van der Waals surface area contributed by atoms with Crippen LogP contribution in [-0.2, 0) is 4.79 Å². The van der Waals surface area contributed by atoms with Crippen molar-refractivity contribution in [3.05, 3.63) is 29.8 Å². The van der Waals surface area contributed by atoms with Gasteiger partial charge in [-0.3, -0.25) is 4.79 Å². The number of aliphatic hydroxyl groups is 1. The smallest absolute Gasteiger partial charge is 0.258 e. The minimum atomic E-state index is -0.779. The van der Waals surface area contributed by atoms with Crippen molar-refractivity contribution in [1.82, 2.24) is 5.32 Å². The molecule has 1 saturated carbocycles. The van der Waals surface area contributed by atoms with Crippen molar-refractivity contribution in [1.29, 1.82) is 5.26 Å². The van der Waals surface area contributed by atoms with E-state index in [4.69, 9.17) is 10.00 Å². The van der Waals surface area contributed by atoms with Gasteiger partial charge < -0.3 is 15.2 Å². The van der Waals surface area contributed by atoms with Gasteiger partial charge in [0.05, 0.1) is 11.2 Å². The summed E-state index contributed by atoms with van der Waals surface area (Å²) < 4.78 is 5.35. The summed E-state index contributed by atoms with van der Waals surface area (Å²) in [6.07, 6.45) is 4.60. The van der Waals surface area contributed by atoms with Crippen molar-refractivity contribution in [3.63, 3.8) is 0 Å². The summed E-state index contributed by atoms with van der Waals surface area (Å²) in [6.45, 7) is 0.101. The predicted octanol–water partition coefficient (Wildman–Crippen LogP) is 1.75. The van der Waals surface area contributed by atoms with Gasteiger partial charge in [-0.25, -0.2) is 0 Å². The molecule has 0 saturated heterocycles. The fourth-order valence-electron chi connectivity index (χ4n) is 2.53. The zero-order valence-electron chi connectivity index (χ0n) is 12.0. The summed E-state index contributed by atoms with van der Waals surface area (Å²) in [5.74, 6) is 0.105. The van der Waals surface area contributed by atoms with Gasteiger partial charge in [0.15, 0.2) is 6.61 Å². The molecule has 2 N–H and O–H groups in total. The van der Waals surface area contributed by atoms with Gasteiger partial charge in [-0.2, -0.15) is 5.26 Å². The van der Waals surface area contributed by atoms with Gasteiger partial charge in [0.25, 0.3) is 5.91 Å². The van der Waals surface area contributed by atoms with Crippen LogP contribution in [-0.4, -0.2) is 29.8 Å². The maximum Gasteiger partial charge on any atom is 0.258 e. The Morgan fingerprint density at radius 1 is 1.33 bits per heavy atom. The first-order valence-electron chi connectivity index (χ1n) is 7.24. The number of ether oxygens (including phenoxy) is 1. The molecule has 21 heavy (non-hydrogen) atoms. The molecule has 5 heteroatoms. The number of benzene rings is 1. The summed E-state index contributed by atoms with van der Waals surface area (Å²) in [4.78, 5) is 11.8. The monoisotopic (exact) mass is 288 g/mol. The Labute approximate surface area is 124 Å². The van der Waals surface area contributed by atoms with Crippen LogP contribution in [0.2, 0.25) is 0 Å². The molecule has 0 spiro atoms. The number of rotatable bonds is 5. The third-order valence-corrected chi connectivity index (χ3v) is 3.77. The van der Waals surface area contributed by atoms with Crippen molar-refractivity contribution < 1.29 is 14.6 Å². The Bertz CT molecular complexity index is 531. The number of hydrogen-bond donors (Lipinski definition) is 2. The van der Waals surface area contributed by atoms with Gasteiger partial charge in [0.1, 0.15) is 11.8 Å². The van der Waals surface area contributed by atoms with Crippen LogP contribution in [0.3, 0.4) is 0 Å². The summed E-state index contributed by atoms with van der Waals surface area (Å²) >= 11 is 0. The Balaban J connectivity index is 1.78. The molecule has 5 nitrogen and oxygen atoms in total. The van der Waals surface area contributed by atoms with Crippen LogP contribution in [0.15, 0.2) is 24.3 Å². The van der Waals surface area contributed by atoms with Crippen molar-refractivity contribution in [3.8, 4) is 11.8 Å². The van der Waals surface area contributed by atoms with E-state index in [1.807, 2.05) is 6.07 Å². The number of nitriles is 1. The molecule has 1 fully saturated rings. The van der Waals surface area contributed by atoms with Gasteiger partial charge in [0.2, 0.25) is 0 Å². The summed E-state index contributed by atoms with van der Waals surface area (Å²) in [5, 5.41) is 21.9. The van der Waals surface area contributed by atoms with Gasteiger partial charge in [-0.15, -0.1) is 0 Å². The van der Waals surface area contributed by atoms with Crippen LogP contribution in [0.25, 0.3) is 0 Å². The van der Waals surface area contributed by atoms with Crippen molar-refractivity contribution in [2.24, 2.45) is 0 Å². The normalized spacial score (nSPS) is 16.8. The number of nitrogens with zero attached hydrogens (tertiary/aromatic N) is 1. The maximum absolute atomic E-state index is 11.8. The quantitative estimate of drug-likeness (QED) is 0.864. The highest BCUT2D eigenvalue weighted by Gasteiger charge is 2.29. The first kappa shape index (κ1) is 15.3. The minimum absolute atomic E-state index is 0.158. The maximum atomic E-state index is 11.8. The molecule has 0 unspecified atom stereocenters. The predicted molar refractivity (Wildman–Crippen MR) is 77.7 cm³/mol. The third-order valence-electron chi connectivity index (χ3n) is 3.77. The lowest BCUT2D eigenvalue weighted by atomic mass is 9.85. The molecule has 2 rings (SSSR count). The van der Waals surface area contributed by atoms with Crippen LogP contribution in [0.4, 0.5) is 0 Å². The summed E-state index contributed by atoms with van der Waals surface area (Å²) in [5.41, 5.74) is -0.380. The number of carbonyl (C=O) groups excluding carboxylic acids is 1. The highest BCUT2D eigenvalue weighted by molar-refractivity contribution is 5.77. The average molecular weight is 288 g/mol. The summed E-state index contributed by atoms with van der Waals surface area (Å²) in [7, 11) is 0. The van der Waals surface area contributed by atoms with E-state index in [0.717, 1.165) is 32.1 Å².